The van der Waals surface area contributed by atoms with Crippen LogP contribution in [0.25, 0.3) is 33.4 Å². The Balaban J connectivity index is 0.000000427. The lowest BCUT2D eigenvalue weighted by Crippen LogP contribution is -2.00. The smallest absolute Gasteiger partial charge is 0.0991 e. The van der Waals surface area contributed by atoms with E-state index < -0.39 is 0 Å². The van der Waals surface area contributed by atoms with Crippen LogP contribution in [0.4, 0.5) is 0 Å². The minimum atomic E-state index is 0.362. The molecule has 44 heavy (non-hydrogen) atoms. The van der Waals surface area contributed by atoms with Crippen molar-refractivity contribution in [2.75, 3.05) is 0 Å². The third-order valence-corrected chi connectivity index (χ3v) is 8.20. The lowest BCUT2D eigenvalue weighted by Gasteiger charge is -2.17. The van der Waals surface area contributed by atoms with Gasteiger partial charge in [0.05, 0.1) is 23.3 Å². The number of hydrogen-bond acceptors (Lipinski definition) is 3. The van der Waals surface area contributed by atoms with Gasteiger partial charge in [-0.1, -0.05) is 78.6 Å². The molecule has 0 heterocycles. The molecule has 0 aliphatic heterocycles. The summed E-state index contributed by atoms with van der Waals surface area (Å²) in [6.45, 7) is 11.1. The van der Waals surface area contributed by atoms with Crippen molar-refractivity contribution in [3.8, 4) is 45.5 Å². The van der Waals surface area contributed by atoms with Crippen LogP contribution in [0.5, 0.6) is 0 Å². The zero-order valence-electron chi connectivity index (χ0n) is 25.7. The van der Waals surface area contributed by atoms with Crippen molar-refractivity contribution in [1.82, 2.24) is 0 Å². The number of fused-ring (bicyclic) bond motifs is 3. The van der Waals surface area contributed by atoms with Gasteiger partial charge in [0.1, 0.15) is 0 Å². The molecule has 3 heteroatoms. The van der Waals surface area contributed by atoms with Crippen molar-refractivity contribution in [3.05, 3.63) is 154 Å². The first kappa shape index (κ1) is 31.3. The van der Waals surface area contributed by atoms with E-state index in [0.717, 1.165) is 23.1 Å². The Hall–Kier alpha value is -5.69. The SMILES string of the molecule is C/C=C(\C)C(C)c1cccc2c1Cc1c(-c3ccc(C#N)cc3)cc(-c3ccc(C#N)cc3)cc1-2.C=N.CC1=CC=C=C=C1. The molecule has 0 amide bonds. The highest BCUT2D eigenvalue weighted by molar-refractivity contribution is 5.90. The van der Waals surface area contributed by atoms with Gasteiger partial charge in [-0.05, 0) is 138 Å². The van der Waals surface area contributed by atoms with Crippen molar-refractivity contribution in [2.24, 2.45) is 0 Å². The highest BCUT2D eigenvalue weighted by atomic mass is 14.3. The fraction of sp³-hybridized carbons (Fsp3) is 0.146. The fourth-order valence-electron chi connectivity index (χ4n) is 5.55. The van der Waals surface area contributed by atoms with Gasteiger partial charge in [-0.25, -0.2) is 0 Å². The second kappa shape index (κ2) is 14.5. The Morgan fingerprint density at radius 2 is 1.43 bits per heavy atom. The lowest BCUT2D eigenvalue weighted by atomic mass is 9.88. The third-order valence-electron chi connectivity index (χ3n) is 8.20. The van der Waals surface area contributed by atoms with Gasteiger partial charge in [-0.15, -0.1) is 0 Å². The van der Waals surface area contributed by atoms with Crippen LogP contribution in [0.2, 0.25) is 0 Å². The summed E-state index contributed by atoms with van der Waals surface area (Å²) in [4.78, 5) is 0. The van der Waals surface area contributed by atoms with Crippen LogP contribution in [-0.2, 0) is 6.42 Å². The zero-order valence-corrected chi connectivity index (χ0v) is 25.7. The Bertz CT molecular complexity index is 1930. The van der Waals surface area contributed by atoms with E-state index in [4.69, 9.17) is 5.41 Å². The second-order valence-electron chi connectivity index (χ2n) is 10.7. The predicted molar refractivity (Wildman–Crippen MR) is 183 cm³/mol. The largest absolute Gasteiger partial charge is 0.317 e. The van der Waals surface area contributed by atoms with E-state index in [1.165, 1.54) is 44.5 Å². The average molecular weight is 570 g/mol. The van der Waals surface area contributed by atoms with Gasteiger partial charge >= 0.3 is 0 Å². The van der Waals surface area contributed by atoms with E-state index in [1.54, 1.807) is 0 Å². The molecule has 0 radical (unpaired) electrons. The monoisotopic (exact) mass is 569 g/mol. The van der Waals surface area contributed by atoms with Crippen molar-refractivity contribution in [1.29, 1.82) is 15.9 Å². The average Bonchev–Trinajstić information content (AvgIpc) is 3.47. The van der Waals surface area contributed by atoms with E-state index in [9.17, 15) is 10.5 Å². The molecule has 1 unspecified atom stereocenters. The summed E-state index contributed by atoms with van der Waals surface area (Å²) < 4.78 is 0. The Morgan fingerprint density at radius 3 is 1.95 bits per heavy atom. The van der Waals surface area contributed by atoms with E-state index in [1.807, 2.05) is 73.7 Å². The molecule has 4 aromatic carbocycles. The summed E-state index contributed by atoms with van der Waals surface area (Å²) >= 11 is 0. The van der Waals surface area contributed by atoms with Gasteiger partial charge in [-0.3, -0.25) is 0 Å². The van der Waals surface area contributed by atoms with E-state index >= 15 is 0 Å². The number of benzene rings is 4. The Morgan fingerprint density at radius 1 is 0.818 bits per heavy atom. The number of nitriles is 2. The van der Waals surface area contributed by atoms with E-state index in [0.29, 0.717) is 17.0 Å². The minimum absolute atomic E-state index is 0.362. The molecule has 6 rings (SSSR count). The molecule has 2 aliphatic rings. The summed E-state index contributed by atoms with van der Waals surface area (Å²) in [5.41, 5.74) is 20.8. The van der Waals surface area contributed by atoms with Crippen molar-refractivity contribution in [2.45, 2.75) is 40.0 Å². The summed E-state index contributed by atoms with van der Waals surface area (Å²) in [7, 11) is 0. The Labute approximate surface area is 261 Å². The first-order chi connectivity index (χ1) is 21.4. The molecule has 0 saturated heterocycles. The third kappa shape index (κ3) is 6.68. The highest BCUT2D eigenvalue weighted by Crippen LogP contribution is 2.47. The number of allylic oxidation sites excluding steroid dienone is 6. The minimum Gasteiger partial charge on any atom is -0.317 e. The van der Waals surface area contributed by atoms with Crippen molar-refractivity contribution < 1.29 is 0 Å². The van der Waals surface area contributed by atoms with Crippen LogP contribution in [0.1, 0.15) is 61.4 Å². The molecular formula is C41H35N3. The van der Waals surface area contributed by atoms with Gasteiger partial charge in [0, 0.05) is 5.92 Å². The molecule has 214 valence electrons. The second-order valence-corrected chi connectivity index (χ2v) is 10.7. The lowest BCUT2D eigenvalue weighted by molar-refractivity contribution is 0.876. The molecule has 0 fully saturated rings. The van der Waals surface area contributed by atoms with Crippen molar-refractivity contribution in [3.63, 3.8) is 0 Å². The van der Waals surface area contributed by atoms with Gasteiger partial charge < -0.3 is 5.41 Å². The fourth-order valence-corrected chi connectivity index (χ4v) is 5.55. The van der Waals surface area contributed by atoms with Crippen LogP contribution in [-0.4, -0.2) is 6.72 Å². The summed E-state index contributed by atoms with van der Waals surface area (Å²) in [6.07, 6.45) is 8.86. The van der Waals surface area contributed by atoms with Crippen LogP contribution in [0.3, 0.4) is 0 Å². The quantitative estimate of drug-likeness (QED) is 0.133. The summed E-state index contributed by atoms with van der Waals surface area (Å²) in [6, 6.07) is 31.3. The maximum Gasteiger partial charge on any atom is 0.0991 e. The Kier molecular flexibility index (Phi) is 10.3. The van der Waals surface area contributed by atoms with Crippen LogP contribution < -0.4 is 0 Å². The molecular weight excluding hydrogens is 534 g/mol. The van der Waals surface area contributed by atoms with Gasteiger partial charge in [-0.2, -0.15) is 10.5 Å². The van der Waals surface area contributed by atoms with Gasteiger partial charge in [0.2, 0.25) is 0 Å². The van der Waals surface area contributed by atoms with Crippen LogP contribution in [0, 0.1) is 28.1 Å². The molecule has 0 bridgehead atoms. The van der Waals surface area contributed by atoms with Crippen molar-refractivity contribution >= 4 is 6.72 Å². The molecule has 2 aliphatic carbocycles. The zero-order chi connectivity index (χ0) is 31.6. The maximum atomic E-state index is 9.28. The summed E-state index contributed by atoms with van der Waals surface area (Å²) in [5, 5.41) is 24.0. The molecule has 1 N–H and O–H groups in total. The van der Waals surface area contributed by atoms with Gasteiger partial charge in [0.25, 0.3) is 0 Å². The van der Waals surface area contributed by atoms with E-state index in [2.05, 4.69) is 87.5 Å². The van der Waals surface area contributed by atoms with Crippen LogP contribution >= 0.6 is 0 Å². The first-order valence-electron chi connectivity index (χ1n) is 14.6. The molecule has 0 saturated carbocycles. The standard InChI is InChI=1S/C33H26N2.C7H6.CH3N/c1-4-21(2)22(3)28-6-5-7-29-31-17-27(25-12-8-23(19-34)9-13-25)16-30(33(31)18-32(28)29)26-14-10-24(20-35)11-15-26;1-7-5-3-2-4-6-7;1-2/h4-17,22H,18H2,1-3H3;3,5-6H,1H3;2H,1H2/b21-4+;;. The molecule has 3 nitrogen and oxygen atoms in total. The predicted octanol–water partition coefficient (Wildman–Crippen LogP) is 10.5. The topological polar surface area (TPSA) is 71.4 Å². The van der Waals surface area contributed by atoms with E-state index in [-0.39, 0.29) is 0 Å². The molecule has 0 aromatic heterocycles. The number of hydrogen-bond donors (Lipinski definition) is 1. The number of nitrogens with zero attached hydrogens (tertiary/aromatic N) is 2. The number of nitrogens with one attached hydrogen (secondary N) is 1. The first-order valence-corrected chi connectivity index (χ1v) is 14.6. The number of rotatable bonds is 4. The maximum absolute atomic E-state index is 9.28. The highest BCUT2D eigenvalue weighted by Gasteiger charge is 2.27. The summed E-state index contributed by atoms with van der Waals surface area (Å²) in [5.74, 6) is 0.362. The molecule has 4 aromatic rings. The molecule has 1 atom stereocenters. The van der Waals surface area contributed by atoms with Crippen LogP contribution in [0.15, 0.2) is 126 Å². The van der Waals surface area contributed by atoms with Gasteiger partial charge in [0.15, 0.2) is 0 Å². The molecule has 0 spiro atoms. The normalized spacial score (nSPS) is 12.7.